The molecule has 0 amide bonds. The number of halogens is 3. The lowest BCUT2D eigenvalue weighted by molar-refractivity contribution is -0.141. The maximum absolute atomic E-state index is 12.8. The van der Waals surface area contributed by atoms with Crippen LogP contribution in [-0.4, -0.2) is 15.0 Å². The van der Waals surface area contributed by atoms with Crippen LogP contribution in [-0.2, 0) is 6.18 Å². The largest absolute Gasteiger partial charge is 0.433 e. The number of rotatable bonds is 4. The lowest BCUT2D eigenvalue weighted by Gasteiger charge is -2.24. The van der Waals surface area contributed by atoms with Crippen LogP contribution >= 0.6 is 11.3 Å². The Labute approximate surface area is 171 Å². The number of nitrogens with zero attached hydrogens (tertiary/aromatic N) is 3. The van der Waals surface area contributed by atoms with Gasteiger partial charge < -0.3 is 5.32 Å². The molecule has 8 heteroatoms. The predicted molar refractivity (Wildman–Crippen MR) is 108 cm³/mol. The van der Waals surface area contributed by atoms with Crippen LogP contribution in [0.25, 0.3) is 10.4 Å². The van der Waals surface area contributed by atoms with Crippen LogP contribution in [0.2, 0.25) is 0 Å². The minimum absolute atomic E-state index is 0.0849. The SMILES string of the molecule is CC1CCC(c2ncc(-c3cccc(Nc4nccc(C(F)(F)F)n4)c3)s2)CC1. The molecule has 0 bridgehead atoms. The summed E-state index contributed by atoms with van der Waals surface area (Å²) in [5.74, 6) is 1.24. The van der Waals surface area contributed by atoms with Gasteiger partial charge in [-0.1, -0.05) is 31.9 Å². The smallest absolute Gasteiger partial charge is 0.324 e. The molecule has 1 aromatic carbocycles. The highest BCUT2D eigenvalue weighted by molar-refractivity contribution is 7.15. The Bertz CT molecular complexity index is 978. The summed E-state index contributed by atoms with van der Waals surface area (Å²) in [6, 6.07) is 8.33. The molecule has 3 aromatic rings. The summed E-state index contributed by atoms with van der Waals surface area (Å²) < 4.78 is 38.5. The maximum atomic E-state index is 12.8. The Balaban J connectivity index is 1.51. The van der Waals surface area contributed by atoms with Crippen molar-refractivity contribution in [2.75, 3.05) is 5.32 Å². The van der Waals surface area contributed by atoms with Crippen LogP contribution in [0.5, 0.6) is 0 Å². The zero-order chi connectivity index (χ0) is 20.4. The average Bonchev–Trinajstić information content (AvgIpc) is 3.19. The molecule has 152 valence electrons. The highest BCUT2D eigenvalue weighted by Gasteiger charge is 2.32. The van der Waals surface area contributed by atoms with E-state index in [-0.39, 0.29) is 5.95 Å². The number of hydrogen-bond donors (Lipinski definition) is 1. The van der Waals surface area contributed by atoms with E-state index in [1.54, 1.807) is 17.4 Å². The molecular formula is C21H21F3N4S. The minimum Gasteiger partial charge on any atom is -0.324 e. The van der Waals surface area contributed by atoms with Crippen molar-refractivity contribution < 1.29 is 13.2 Å². The summed E-state index contributed by atoms with van der Waals surface area (Å²) in [6.45, 7) is 2.30. The molecule has 0 aliphatic heterocycles. The molecular weight excluding hydrogens is 397 g/mol. The third-order valence-corrected chi connectivity index (χ3v) is 6.45. The number of anilines is 2. The molecule has 0 atom stereocenters. The van der Waals surface area contributed by atoms with E-state index in [1.165, 1.54) is 30.7 Å². The van der Waals surface area contributed by atoms with Crippen molar-refractivity contribution in [3.05, 3.63) is 53.4 Å². The fourth-order valence-corrected chi connectivity index (χ4v) is 4.66. The Kier molecular flexibility index (Phi) is 5.54. The highest BCUT2D eigenvalue weighted by Crippen LogP contribution is 2.39. The van der Waals surface area contributed by atoms with Gasteiger partial charge in [0.1, 0.15) is 5.69 Å². The van der Waals surface area contributed by atoms with Crippen LogP contribution in [0, 0.1) is 5.92 Å². The van der Waals surface area contributed by atoms with Crippen LogP contribution < -0.4 is 5.32 Å². The summed E-state index contributed by atoms with van der Waals surface area (Å²) in [5.41, 5.74) is 0.623. The zero-order valence-electron chi connectivity index (χ0n) is 15.9. The standard InChI is InChI=1S/C21H21F3N4S/c1-13-5-7-14(8-6-13)19-26-12-17(29-19)15-3-2-4-16(11-15)27-20-25-10-9-18(28-20)21(22,23)24/h2-4,9-14H,5-8H2,1H3,(H,25,27,28). The summed E-state index contributed by atoms with van der Waals surface area (Å²) in [7, 11) is 0. The van der Waals surface area contributed by atoms with E-state index in [2.05, 4.69) is 27.2 Å². The molecule has 0 saturated heterocycles. The normalized spacial score (nSPS) is 19.9. The van der Waals surface area contributed by atoms with Crippen LogP contribution in [0.15, 0.2) is 42.7 Å². The average molecular weight is 418 g/mol. The molecule has 1 N–H and O–H groups in total. The predicted octanol–water partition coefficient (Wildman–Crippen LogP) is 6.66. The molecule has 2 heterocycles. The molecule has 1 aliphatic rings. The zero-order valence-corrected chi connectivity index (χ0v) is 16.7. The monoisotopic (exact) mass is 418 g/mol. The van der Waals surface area contributed by atoms with Gasteiger partial charge in [-0.3, -0.25) is 0 Å². The number of benzene rings is 1. The molecule has 1 saturated carbocycles. The third-order valence-electron chi connectivity index (χ3n) is 5.24. The minimum atomic E-state index is -4.50. The number of nitrogens with one attached hydrogen (secondary N) is 1. The summed E-state index contributed by atoms with van der Waals surface area (Å²) in [5, 5.41) is 4.04. The first-order chi connectivity index (χ1) is 13.9. The van der Waals surface area contributed by atoms with E-state index in [9.17, 15) is 13.2 Å². The molecule has 2 aromatic heterocycles. The molecule has 4 nitrogen and oxygen atoms in total. The van der Waals surface area contributed by atoms with Crippen molar-refractivity contribution in [3.63, 3.8) is 0 Å². The van der Waals surface area contributed by atoms with Gasteiger partial charge in [0.2, 0.25) is 5.95 Å². The van der Waals surface area contributed by atoms with E-state index >= 15 is 0 Å². The van der Waals surface area contributed by atoms with Crippen molar-refractivity contribution in [1.29, 1.82) is 0 Å². The Morgan fingerprint density at radius 3 is 2.62 bits per heavy atom. The van der Waals surface area contributed by atoms with Gasteiger partial charge in [-0.05, 0) is 42.5 Å². The van der Waals surface area contributed by atoms with Gasteiger partial charge in [0.15, 0.2) is 0 Å². The van der Waals surface area contributed by atoms with Gasteiger partial charge in [0, 0.05) is 24.0 Å². The van der Waals surface area contributed by atoms with Gasteiger partial charge in [-0.25, -0.2) is 15.0 Å². The van der Waals surface area contributed by atoms with Crippen molar-refractivity contribution in [2.24, 2.45) is 5.92 Å². The van der Waals surface area contributed by atoms with Gasteiger partial charge in [0.05, 0.1) is 9.88 Å². The molecule has 4 rings (SSSR count). The number of hydrogen-bond acceptors (Lipinski definition) is 5. The number of alkyl halides is 3. The van der Waals surface area contributed by atoms with Crippen molar-refractivity contribution in [1.82, 2.24) is 15.0 Å². The van der Waals surface area contributed by atoms with Gasteiger partial charge >= 0.3 is 6.18 Å². The lowest BCUT2D eigenvalue weighted by atomic mass is 9.83. The first-order valence-corrected chi connectivity index (χ1v) is 10.4. The Hall–Kier alpha value is -2.48. The Morgan fingerprint density at radius 2 is 1.86 bits per heavy atom. The molecule has 0 unspecified atom stereocenters. The van der Waals surface area contributed by atoms with Crippen molar-refractivity contribution in [3.8, 4) is 10.4 Å². The highest BCUT2D eigenvalue weighted by atomic mass is 32.1. The van der Waals surface area contributed by atoms with Gasteiger partial charge in [-0.15, -0.1) is 11.3 Å². The lowest BCUT2D eigenvalue weighted by Crippen LogP contribution is -2.10. The van der Waals surface area contributed by atoms with E-state index < -0.39 is 11.9 Å². The second-order valence-corrected chi connectivity index (χ2v) is 8.55. The van der Waals surface area contributed by atoms with E-state index in [1.807, 2.05) is 24.4 Å². The van der Waals surface area contributed by atoms with Crippen molar-refractivity contribution >= 4 is 23.0 Å². The van der Waals surface area contributed by atoms with Crippen LogP contribution in [0.3, 0.4) is 0 Å². The molecule has 1 fully saturated rings. The molecule has 1 aliphatic carbocycles. The van der Waals surface area contributed by atoms with E-state index in [0.29, 0.717) is 11.6 Å². The second kappa shape index (κ2) is 8.10. The maximum Gasteiger partial charge on any atom is 0.433 e. The fourth-order valence-electron chi connectivity index (χ4n) is 3.57. The quantitative estimate of drug-likeness (QED) is 0.515. The first kappa shape index (κ1) is 19.8. The van der Waals surface area contributed by atoms with Gasteiger partial charge in [-0.2, -0.15) is 13.2 Å². The fraction of sp³-hybridized carbons (Fsp3) is 0.381. The van der Waals surface area contributed by atoms with Crippen LogP contribution in [0.4, 0.5) is 24.8 Å². The summed E-state index contributed by atoms with van der Waals surface area (Å²) in [6.07, 6.45) is 3.34. The number of thiazole rings is 1. The third kappa shape index (κ3) is 4.75. The first-order valence-electron chi connectivity index (χ1n) is 9.62. The topological polar surface area (TPSA) is 50.7 Å². The molecule has 0 spiro atoms. The molecule has 29 heavy (non-hydrogen) atoms. The summed E-state index contributed by atoms with van der Waals surface area (Å²) in [4.78, 5) is 13.1. The summed E-state index contributed by atoms with van der Waals surface area (Å²) >= 11 is 1.70. The second-order valence-electron chi connectivity index (χ2n) is 7.49. The van der Waals surface area contributed by atoms with E-state index in [0.717, 1.165) is 28.6 Å². The van der Waals surface area contributed by atoms with Gasteiger partial charge in [0.25, 0.3) is 0 Å². The van der Waals surface area contributed by atoms with Crippen molar-refractivity contribution in [2.45, 2.75) is 44.7 Å². The number of aromatic nitrogens is 3. The van der Waals surface area contributed by atoms with E-state index in [4.69, 9.17) is 0 Å². The Morgan fingerprint density at radius 1 is 1.07 bits per heavy atom. The molecule has 0 radical (unpaired) electrons. The van der Waals surface area contributed by atoms with Crippen LogP contribution in [0.1, 0.15) is 49.2 Å².